The molecule has 2 aromatic heterocycles. The van der Waals surface area contributed by atoms with E-state index in [9.17, 15) is 8.42 Å². The van der Waals surface area contributed by atoms with E-state index in [-0.39, 0.29) is 5.82 Å². The van der Waals surface area contributed by atoms with Crippen molar-refractivity contribution in [2.45, 2.75) is 44.3 Å². The fourth-order valence-electron chi connectivity index (χ4n) is 2.62. The summed E-state index contributed by atoms with van der Waals surface area (Å²) in [6.45, 7) is 4.27. The van der Waals surface area contributed by atoms with E-state index < -0.39 is 14.6 Å². The van der Waals surface area contributed by atoms with Gasteiger partial charge in [-0.3, -0.25) is 0 Å². The van der Waals surface area contributed by atoms with Crippen LogP contribution in [-0.4, -0.2) is 29.8 Å². The van der Waals surface area contributed by atoms with Gasteiger partial charge in [0, 0.05) is 12.7 Å². The Labute approximate surface area is 133 Å². The molecule has 120 valence electrons. The summed E-state index contributed by atoms with van der Waals surface area (Å²) >= 11 is 1.51. The van der Waals surface area contributed by atoms with Crippen LogP contribution >= 0.6 is 11.3 Å². The Hall–Kier alpha value is -1.28. The van der Waals surface area contributed by atoms with Crippen LogP contribution in [0.3, 0.4) is 0 Å². The Kier molecular flexibility index (Phi) is 3.84. The number of hydrogen-bond donors (Lipinski definition) is 0. The average Bonchev–Trinajstić information content (AvgIpc) is 2.93. The molecule has 22 heavy (non-hydrogen) atoms. The van der Waals surface area contributed by atoms with E-state index in [2.05, 4.69) is 29.0 Å². The van der Waals surface area contributed by atoms with Gasteiger partial charge < -0.3 is 4.52 Å². The molecule has 0 aromatic carbocycles. The van der Waals surface area contributed by atoms with Crippen molar-refractivity contribution >= 4 is 21.2 Å². The van der Waals surface area contributed by atoms with Crippen molar-refractivity contribution < 1.29 is 12.9 Å². The van der Waals surface area contributed by atoms with Gasteiger partial charge in [0.25, 0.3) is 5.89 Å². The van der Waals surface area contributed by atoms with Gasteiger partial charge in [-0.05, 0) is 25.2 Å². The molecule has 0 spiro atoms. The first kappa shape index (κ1) is 15.6. The molecule has 0 unspecified atom stereocenters. The highest BCUT2D eigenvalue weighted by Crippen LogP contribution is 2.47. The highest BCUT2D eigenvalue weighted by Gasteiger charge is 2.51. The van der Waals surface area contributed by atoms with E-state index in [1.165, 1.54) is 17.6 Å². The Morgan fingerprint density at radius 2 is 2.14 bits per heavy atom. The molecule has 0 aliphatic heterocycles. The van der Waals surface area contributed by atoms with Gasteiger partial charge in [0.2, 0.25) is 0 Å². The van der Waals surface area contributed by atoms with Gasteiger partial charge in [-0.25, -0.2) is 13.4 Å². The molecule has 1 saturated carbocycles. The standard InChI is InChI=1S/C14H19N3O3S2/c1-9(2)7-11-15-8-10(21-11)12-16-13(17-20-12)14(5-4-6-14)22(3,18)19/h8-9H,4-7H2,1-3H3. The van der Waals surface area contributed by atoms with E-state index in [0.29, 0.717) is 24.7 Å². The molecule has 3 rings (SSSR count). The van der Waals surface area contributed by atoms with Crippen molar-refractivity contribution in [1.29, 1.82) is 0 Å². The normalized spacial score (nSPS) is 17.6. The topological polar surface area (TPSA) is 86.0 Å². The molecule has 0 atom stereocenters. The third-order valence-corrected chi connectivity index (χ3v) is 7.07. The lowest BCUT2D eigenvalue weighted by atomic mass is 9.83. The van der Waals surface area contributed by atoms with E-state index in [0.717, 1.165) is 22.7 Å². The first-order valence-electron chi connectivity index (χ1n) is 7.31. The maximum absolute atomic E-state index is 12.1. The predicted octanol–water partition coefficient (Wildman–Crippen LogP) is 2.82. The predicted molar refractivity (Wildman–Crippen MR) is 84.3 cm³/mol. The molecule has 0 bridgehead atoms. The maximum Gasteiger partial charge on any atom is 0.269 e. The third kappa shape index (κ3) is 2.58. The summed E-state index contributed by atoms with van der Waals surface area (Å²) in [6, 6.07) is 0. The number of aromatic nitrogens is 3. The van der Waals surface area contributed by atoms with E-state index in [1.54, 1.807) is 6.20 Å². The second-order valence-electron chi connectivity index (χ2n) is 6.26. The zero-order chi connectivity index (χ0) is 16.0. The van der Waals surface area contributed by atoms with E-state index in [1.807, 2.05) is 0 Å². The van der Waals surface area contributed by atoms with Crippen molar-refractivity contribution in [2.24, 2.45) is 5.92 Å². The number of rotatable bonds is 5. The van der Waals surface area contributed by atoms with Crippen LogP contribution in [0, 0.1) is 5.92 Å². The average molecular weight is 341 g/mol. The highest BCUT2D eigenvalue weighted by atomic mass is 32.2. The fourth-order valence-corrected chi connectivity index (χ4v) is 5.12. The molecule has 2 heterocycles. The highest BCUT2D eigenvalue weighted by molar-refractivity contribution is 7.91. The minimum Gasteiger partial charge on any atom is -0.333 e. The Balaban J connectivity index is 1.89. The molecular formula is C14H19N3O3S2. The molecule has 1 fully saturated rings. The molecule has 2 aromatic rings. The SMILES string of the molecule is CC(C)Cc1ncc(-c2nc(C3(S(C)(=O)=O)CCC3)no2)s1. The van der Waals surface area contributed by atoms with Crippen LogP contribution in [0.25, 0.3) is 10.8 Å². The molecule has 0 amide bonds. The van der Waals surface area contributed by atoms with Gasteiger partial charge in [-0.2, -0.15) is 4.98 Å². The van der Waals surface area contributed by atoms with Crippen LogP contribution in [-0.2, 0) is 21.0 Å². The minimum absolute atomic E-state index is 0.287. The Bertz CT molecular complexity index is 773. The van der Waals surface area contributed by atoms with Gasteiger partial charge >= 0.3 is 0 Å². The van der Waals surface area contributed by atoms with Crippen LogP contribution in [0.15, 0.2) is 10.7 Å². The summed E-state index contributed by atoms with van der Waals surface area (Å²) in [7, 11) is -3.26. The number of sulfone groups is 1. The van der Waals surface area contributed by atoms with Gasteiger partial charge in [0.1, 0.15) is 9.62 Å². The second-order valence-corrected chi connectivity index (χ2v) is 9.70. The molecule has 1 aliphatic carbocycles. The Morgan fingerprint density at radius 1 is 1.41 bits per heavy atom. The fraction of sp³-hybridized carbons (Fsp3) is 0.643. The van der Waals surface area contributed by atoms with Gasteiger partial charge in [0.15, 0.2) is 15.7 Å². The quantitative estimate of drug-likeness (QED) is 0.831. The summed E-state index contributed by atoms with van der Waals surface area (Å²) < 4.78 is 28.5. The second kappa shape index (κ2) is 5.42. The van der Waals surface area contributed by atoms with Crippen LogP contribution in [0.4, 0.5) is 0 Å². The van der Waals surface area contributed by atoms with Crippen LogP contribution in [0.5, 0.6) is 0 Å². The molecule has 1 aliphatic rings. The van der Waals surface area contributed by atoms with E-state index >= 15 is 0 Å². The van der Waals surface area contributed by atoms with Gasteiger partial charge in [0.05, 0.1) is 11.2 Å². The smallest absolute Gasteiger partial charge is 0.269 e. The Morgan fingerprint density at radius 3 is 2.68 bits per heavy atom. The van der Waals surface area contributed by atoms with Crippen molar-refractivity contribution in [2.75, 3.05) is 6.26 Å². The number of hydrogen-bond acceptors (Lipinski definition) is 7. The molecule has 6 nitrogen and oxygen atoms in total. The molecule has 0 radical (unpaired) electrons. The zero-order valence-electron chi connectivity index (χ0n) is 12.9. The summed E-state index contributed by atoms with van der Waals surface area (Å²) in [5.41, 5.74) is 0. The van der Waals surface area contributed by atoms with Crippen molar-refractivity contribution in [1.82, 2.24) is 15.1 Å². The van der Waals surface area contributed by atoms with Crippen molar-refractivity contribution in [3.63, 3.8) is 0 Å². The first-order chi connectivity index (χ1) is 10.3. The summed E-state index contributed by atoms with van der Waals surface area (Å²) in [5, 5.41) is 4.96. The number of thiazole rings is 1. The maximum atomic E-state index is 12.1. The largest absolute Gasteiger partial charge is 0.333 e. The van der Waals surface area contributed by atoms with Crippen LogP contribution in [0.1, 0.15) is 43.9 Å². The molecule has 0 saturated heterocycles. The summed E-state index contributed by atoms with van der Waals surface area (Å²) in [6.07, 6.45) is 5.86. The minimum atomic E-state index is -3.26. The lowest BCUT2D eigenvalue weighted by molar-refractivity contribution is 0.314. The van der Waals surface area contributed by atoms with Gasteiger partial charge in [-0.1, -0.05) is 19.0 Å². The summed E-state index contributed by atoms with van der Waals surface area (Å²) in [4.78, 5) is 9.50. The summed E-state index contributed by atoms with van der Waals surface area (Å²) in [5.74, 6) is 1.17. The molecular weight excluding hydrogens is 322 g/mol. The van der Waals surface area contributed by atoms with Crippen molar-refractivity contribution in [3.8, 4) is 10.8 Å². The van der Waals surface area contributed by atoms with Gasteiger partial charge in [-0.15, -0.1) is 11.3 Å². The van der Waals surface area contributed by atoms with Crippen LogP contribution < -0.4 is 0 Å². The van der Waals surface area contributed by atoms with E-state index in [4.69, 9.17) is 4.52 Å². The zero-order valence-corrected chi connectivity index (χ0v) is 14.5. The van der Waals surface area contributed by atoms with Crippen molar-refractivity contribution in [3.05, 3.63) is 17.0 Å². The monoisotopic (exact) mass is 341 g/mol. The van der Waals surface area contributed by atoms with Crippen LogP contribution in [0.2, 0.25) is 0 Å². The molecule has 0 N–H and O–H groups in total. The first-order valence-corrected chi connectivity index (χ1v) is 10.0. The lowest BCUT2D eigenvalue weighted by Crippen LogP contribution is -2.42. The molecule has 8 heteroatoms. The lowest BCUT2D eigenvalue weighted by Gasteiger charge is -2.36. The number of nitrogens with zero attached hydrogens (tertiary/aromatic N) is 3. The third-order valence-electron chi connectivity index (χ3n) is 4.05.